The van der Waals surface area contributed by atoms with Gasteiger partial charge in [-0.1, -0.05) is 278 Å². The Morgan fingerprint density at radius 1 is 0.296 bits per heavy atom. The van der Waals surface area contributed by atoms with E-state index in [1.807, 2.05) is 0 Å². The van der Waals surface area contributed by atoms with Gasteiger partial charge in [-0.15, -0.1) is 0 Å². The fourth-order valence-corrected chi connectivity index (χ4v) is 16.0. The second-order valence-electron chi connectivity index (χ2n) is 28.4. The summed E-state index contributed by atoms with van der Waals surface area (Å²) in [6.07, 6.45) is 0. The molecule has 0 fully saturated rings. The molecule has 16 aromatic rings. The summed E-state index contributed by atoms with van der Waals surface area (Å²) in [6, 6.07) is 111. The van der Waals surface area contributed by atoms with Crippen molar-refractivity contribution in [3.63, 3.8) is 0 Å². The summed E-state index contributed by atoms with van der Waals surface area (Å²) in [5.74, 6) is -0.357. The molecule has 2 aliphatic carbocycles. The van der Waals surface area contributed by atoms with Crippen molar-refractivity contribution in [2.24, 2.45) is 0 Å². The van der Waals surface area contributed by atoms with Crippen LogP contribution in [0.3, 0.4) is 0 Å². The van der Waals surface area contributed by atoms with Crippen molar-refractivity contribution in [3.05, 3.63) is 349 Å². The Morgan fingerprint density at radius 3 is 1.24 bits per heavy atom. The first-order chi connectivity index (χ1) is 47.8. The van der Waals surface area contributed by atoms with Crippen molar-refractivity contribution >= 4 is 78.0 Å². The molecule has 98 heavy (non-hydrogen) atoms. The monoisotopic (exact) mass is 1260 g/mol. The van der Waals surface area contributed by atoms with Crippen molar-refractivity contribution < 1.29 is 13.2 Å². The lowest BCUT2D eigenvalue weighted by Gasteiger charge is -2.34. The minimum atomic E-state index is -1.02. The number of rotatable bonds is 10. The van der Waals surface area contributed by atoms with Crippen LogP contribution in [0, 0.1) is 5.82 Å². The Bertz CT molecular complexity index is 5770. The lowest BCUT2D eigenvalue weighted by molar-refractivity contribution is 0.590. The molecule has 0 saturated heterocycles. The first-order valence-corrected chi connectivity index (χ1v) is 34.0. The third-order valence-electron chi connectivity index (χ3n) is 20.6. The summed E-state index contributed by atoms with van der Waals surface area (Å²) in [6.45, 7) is 13.6. The maximum atomic E-state index is 16.9. The van der Waals surface area contributed by atoms with Gasteiger partial charge in [0.15, 0.2) is 5.58 Å². The van der Waals surface area contributed by atoms with Gasteiger partial charge in [-0.2, -0.15) is 0 Å². The molecule has 0 unspecified atom stereocenters. The molecule has 5 heteroatoms. The number of benzene rings is 14. The first-order valence-electron chi connectivity index (χ1n) is 34.0. The molecule has 1 spiro atoms. The number of nitrogens with zero attached hydrogens (tertiary/aromatic N) is 2. The highest BCUT2D eigenvalue weighted by atomic mass is 19.1. The second kappa shape index (κ2) is 22.4. The second-order valence-corrected chi connectivity index (χ2v) is 28.4. The molecule has 0 amide bonds. The summed E-state index contributed by atoms with van der Waals surface area (Å²) < 4.78 is 32.2. The topological polar surface area (TPSA) is 32.8 Å². The molecule has 4 nitrogen and oxygen atoms in total. The largest absolute Gasteiger partial charge is 0.455 e. The van der Waals surface area contributed by atoms with E-state index in [0.29, 0.717) is 16.6 Å². The normalized spacial score (nSPS) is 12.9. The van der Waals surface area contributed by atoms with E-state index in [4.69, 9.17) is 8.83 Å². The van der Waals surface area contributed by atoms with Crippen LogP contribution in [0.2, 0.25) is 0 Å². The third kappa shape index (κ3) is 9.17. The third-order valence-corrected chi connectivity index (χ3v) is 20.6. The van der Waals surface area contributed by atoms with Crippen LogP contribution in [0.1, 0.15) is 74.9 Å². The van der Waals surface area contributed by atoms with Crippen LogP contribution in [-0.2, 0) is 16.2 Å². The molecule has 18 rings (SSSR count). The summed E-state index contributed by atoms with van der Waals surface area (Å²) in [5, 5.41) is 3.39. The SMILES string of the molecule is CC(C)(C)c1ccc(N(c2cc(-c3ccccc3)ccc2-c2ccccc2)c2cc3c(c4c2oc2ccc(F)cc24)-c2c(cc(N(c4ccc(C(C)(C)C)cc4)c4cc(-c5ccccc5)ccc4-c4ccccc4)c4c2oc2ccccc24)C32c3ccccc3-c3ccccc32)cc1. The van der Waals surface area contributed by atoms with E-state index in [9.17, 15) is 0 Å². The molecular weight excluding hydrogens is 1200 g/mol. The molecule has 2 aromatic heterocycles. The molecule has 0 bridgehead atoms. The Balaban J connectivity index is 1.03. The zero-order valence-electron chi connectivity index (χ0n) is 55.5. The van der Waals surface area contributed by atoms with E-state index in [1.54, 1.807) is 12.1 Å². The van der Waals surface area contributed by atoms with Crippen LogP contribution in [0.4, 0.5) is 38.5 Å². The maximum Gasteiger partial charge on any atom is 0.160 e. The molecular formula is C93H69FN2O2. The smallest absolute Gasteiger partial charge is 0.160 e. The number of halogens is 1. The van der Waals surface area contributed by atoms with Gasteiger partial charge < -0.3 is 18.6 Å². The zero-order chi connectivity index (χ0) is 66.2. The zero-order valence-corrected chi connectivity index (χ0v) is 55.5. The fourth-order valence-electron chi connectivity index (χ4n) is 16.0. The summed E-state index contributed by atoms with van der Waals surface area (Å²) >= 11 is 0. The molecule has 0 saturated carbocycles. The lowest BCUT2D eigenvalue weighted by Crippen LogP contribution is -2.27. The van der Waals surface area contributed by atoms with Crippen molar-refractivity contribution in [1.82, 2.24) is 0 Å². The predicted octanol–water partition coefficient (Wildman–Crippen LogP) is 26.2. The Kier molecular flexibility index (Phi) is 13.4. The highest BCUT2D eigenvalue weighted by Gasteiger charge is 2.55. The molecule has 0 radical (unpaired) electrons. The van der Waals surface area contributed by atoms with Gasteiger partial charge in [0.05, 0.1) is 33.6 Å². The van der Waals surface area contributed by atoms with Crippen molar-refractivity contribution in [2.75, 3.05) is 9.80 Å². The van der Waals surface area contributed by atoms with Crippen LogP contribution in [-0.4, -0.2) is 0 Å². The molecule has 470 valence electrons. The van der Waals surface area contributed by atoms with E-state index in [0.717, 1.165) is 150 Å². The Morgan fingerprint density at radius 2 is 0.724 bits per heavy atom. The summed E-state index contributed by atoms with van der Waals surface area (Å²) in [7, 11) is 0. The maximum absolute atomic E-state index is 16.9. The van der Waals surface area contributed by atoms with Gasteiger partial charge >= 0.3 is 0 Å². The molecule has 14 aromatic carbocycles. The van der Waals surface area contributed by atoms with Crippen LogP contribution in [0.25, 0.3) is 111 Å². The number of furan rings is 2. The van der Waals surface area contributed by atoms with Gasteiger partial charge in [0.2, 0.25) is 0 Å². The van der Waals surface area contributed by atoms with Crippen molar-refractivity contribution in [2.45, 2.75) is 57.8 Å². The van der Waals surface area contributed by atoms with Crippen molar-refractivity contribution in [3.8, 4) is 66.8 Å². The summed E-state index contributed by atoms with van der Waals surface area (Å²) in [5.41, 5.74) is 26.6. The number of anilines is 6. The molecule has 0 aliphatic heterocycles. The quantitative estimate of drug-likeness (QED) is 0.137. The van der Waals surface area contributed by atoms with Gasteiger partial charge in [0.25, 0.3) is 0 Å². The average molecular weight is 1270 g/mol. The highest BCUT2D eigenvalue weighted by molar-refractivity contribution is 6.26. The van der Waals surface area contributed by atoms with E-state index in [-0.39, 0.29) is 16.6 Å². The fraction of sp³-hybridized carbons (Fsp3) is 0.0968. The number of hydrogen-bond donors (Lipinski definition) is 0. The lowest BCUT2D eigenvalue weighted by atomic mass is 9.70. The van der Waals surface area contributed by atoms with Gasteiger partial charge in [0, 0.05) is 49.8 Å². The van der Waals surface area contributed by atoms with Crippen LogP contribution in [0.15, 0.2) is 318 Å². The summed E-state index contributed by atoms with van der Waals surface area (Å²) in [4.78, 5) is 4.93. The van der Waals surface area contributed by atoms with Gasteiger partial charge in [0.1, 0.15) is 22.6 Å². The molecule has 0 atom stereocenters. The number of hydrogen-bond acceptors (Lipinski definition) is 4. The average Bonchev–Trinajstić information content (AvgIpc) is 1.48. The molecule has 0 N–H and O–H groups in total. The van der Waals surface area contributed by atoms with Gasteiger partial charge in [-0.25, -0.2) is 4.39 Å². The van der Waals surface area contributed by atoms with E-state index >= 15 is 4.39 Å². The van der Waals surface area contributed by atoms with Crippen LogP contribution in [0.5, 0.6) is 0 Å². The minimum Gasteiger partial charge on any atom is -0.455 e. The standard InChI is InChI=1S/C93H69FN2O2/c1-91(2,3)64-41-46-67(47-42-64)95(79-53-62(58-25-11-7-12-26-58)39-50-69(79)60-29-15-9-16-30-60)81-56-78-88(90-85(81)73-35-21-24-38-83(73)98-90)87-77(93(78)75-36-22-19-33-71(75)72-34-20-23-37-76(72)93)57-82(89-86(87)74-55-66(94)45-52-84(74)97-89)96(68-48-43-65(44-49-68)92(4,5)6)80-54-63(59-27-13-8-14-28-59)40-51-70(80)61-31-17-10-18-32-61/h7-57H,1-6H3. The Hall–Kier alpha value is -11.8. The van der Waals surface area contributed by atoms with Crippen LogP contribution >= 0.6 is 0 Å². The van der Waals surface area contributed by atoms with Gasteiger partial charge in [-0.05, 0) is 162 Å². The predicted molar refractivity (Wildman–Crippen MR) is 406 cm³/mol. The van der Waals surface area contributed by atoms with Crippen molar-refractivity contribution in [1.29, 1.82) is 0 Å². The molecule has 2 aliphatic rings. The van der Waals surface area contributed by atoms with Gasteiger partial charge in [-0.3, -0.25) is 0 Å². The highest BCUT2D eigenvalue weighted by Crippen LogP contribution is 2.68. The first kappa shape index (κ1) is 58.8. The minimum absolute atomic E-state index is 0.113. The Labute approximate surface area is 570 Å². The van der Waals surface area contributed by atoms with E-state index in [2.05, 4.69) is 343 Å². The number of para-hydroxylation sites is 1. The number of fused-ring (bicyclic) bond motifs is 18. The molecule has 2 heterocycles. The van der Waals surface area contributed by atoms with E-state index < -0.39 is 5.41 Å². The van der Waals surface area contributed by atoms with E-state index in [1.165, 1.54) is 17.2 Å². The van der Waals surface area contributed by atoms with Crippen LogP contribution < -0.4 is 9.80 Å².